The number of hydrogen-bond acceptors (Lipinski definition) is 7. The predicted octanol–water partition coefficient (Wildman–Crippen LogP) is 2.53. The van der Waals surface area contributed by atoms with Gasteiger partial charge in [-0.25, -0.2) is 18.6 Å². The van der Waals surface area contributed by atoms with Gasteiger partial charge in [-0.2, -0.15) is 0 Å². The quantitative estimate of drug-likeness (QED) is 0.680. The lowest BCUT2D eigenvalue weighted by atomic mass is 9.99. The van der Waals surface area contributed by atoms with Gasteiger partial charge in [0.05, 0.1) is 25.5 Å². The Bertz CT molecular complexity index is 1150. The highest BCUT2D eigenvalue weighted by Gasteiger charge is 2.61. The van der Waals surface area contributed by atoms with Gasteiger partial charge in [0.2, 0.25) is 0 Å². The molecule has 1 aliphatic heterocycles. The monoisotopic (exact) mass is 475 g/mol. The fourth-order valence-electron chi connectivity index (χ4n) is 4.13. The fraction of sp³-hybridized carbons (Fsp3) is 0.409. The molecule has 1 spiro atoms. The van der Waals surface area contributed by atoms with Gasteiger partial charge in [0, 0.05) is 30.4 Å². The second-order valence-electron chi connectivity index (χ2n) is 7.90. The molecule has 0 bridgehead atoms. The number of alkyl halides is 2. The summed E-state index contributed by atoms with van der Waals surface area (Å²) < 4.78 is 37.0. The van der Waals surface area contributed by atoms with E-state index in [4.69, 9.17) is 15.2 Å². The van der Waals surface area contributed by atoms with Crippen LogP contribution >= 0.6 is 0 Å². The third-order valence-corrected chi connectivity index (χ3v) is 5.97. The number of pyridine rings is 2. The smallest absolute Gasteiger partial charge is 0.410 e. The maximum atomic E-state index is 13.4. The number of nitrogens with zero attached hydrogens (tertiary/aromatic N) is 4. The van der Waals surface area contributed by atoms with Gasteiger partial charge in [-0.3, -0.25) is 24.4 Å². The van der Waals surface area contributed by atoms with Crippen molar-refractivity contribution >= 4 is 23.7 Å². The van der Waals surface area contributed by atoms with Crippen LogP contribution in [0.1, 0.15) is 42.2 Å². The summed E-state index contributed by atoms with van der Waals surface area (Å²) in [6, 6.07) is 2.54. The van der Waals surface area contributed by atoms with Crippen LogP contribution in [0.2, 0.25) is 0 Å². The average Bonchev–Trinajstić information content (AvgIpc) is 3.61. The summed E-state index contributed by atoms with van der Waals surface area (Å²) in [5.74, 6) is -0.825. The average molecular weight is 475 g/mol. The number of ether oxygens (including phenoxy) is 2. The zero-order valence-corrected chi connectivity index (χ0v) is 18.6. The molecule has 2 fully saturated rings. The minimum Gasteiger partial charge on any atom is -0.494 e. The molecule has 180 valence electrons. The molecule has 0 atom stereocenters. The number of nitrogens with two attached hydrogens (primary N) is 1. The number of aromatic nitrogens is 2. The molecule has 2 N–H and O–H groups in total. The molecule has 1 aliphatic carbocycles. The van der Waals surface area contributed by atoms with Crippen LogP contribution in [0.5, 0.6) is 5.75 Å². The van der Waals surface area contributed by atoms with Crippen LogP contribution in [0.25, 0.3) is 11.1 Å². The number of amides is 3. The summed E-state index contributed by atoms with van der Waals surface area (Å²) in [5.41, 5.74) is 4.29. The van der Waals surface area contributed by atoms with E-state index in [1.165, 1.54) is 29.2 Å². The number of halogens is 2. The molecule has 2 aromatic heterocycles. The molecule has 2 aliphatic rings. The van der Waals surface area contributed by atoms with Gasteiger partial charge in [0.25, 0.3) is 18.2 Å². The van der Waals surface area contributed by atoms with Crippen molar-refractivity contribution < 1.29 is 32.6 Å². The van der Waals surface area contributed by atoms with Crippen molar-refractivity contribution in [2.45, 2.75) is 31.7 Å². The number of rotatable bonds is 6. The van der Waals surface area contributed by atoms with Gasteiger partial charge < -0.3 is 15.2 Å². The number of piperazine rings is 1. The van der Waals surface area contributed by atoms with E-state index in [9.17, 15) is 23.2 Å². The zero-order chi connectivity index (χ0) is 24.6. The predicted molar refractivity (Wildman–Crippen MR) is 116 cm³/mol. The summed E-state index contributed by atoms with van der Waals surface area (Å²) in [6.07, 6.45) is -0.0991. The van der Waals surface area contributed by atoms with E-state index in [1.807, 2.05) is 0 Å². The molecule has 3 amide bonds. The molecule has 12 heteroatoms. The number of carbonyl (C=O) groups is 3. The van der Waals surface area contributed by atoms with E-state index in [1.54, 1.807) is 6.92 Å². The third-order valence-electron chi connectivity index (χ3n) is 5.97. The lowest BCUT2D eigenvalue weighted by Crippen LogP contribution is -2.61. The summed E-state index contributed by atoms with van der Waals surface area (Å²) in [7, 11) is 1.34. The molecule has 10 nitrogen and oxygen atoms in total. The largest absolute Gasteiger partial charge is 0.494 e. The highest BCUT2D eigenvalue weighted by Crippen LogP contribution is 2.46. The molecule has 1 saturated carbocycles. The number of primary amides is 1. The van der Waals surface area contributed by atoms with Crippen molar-refractivity contribution in [2.24, 2.45) is 5.73 Å². The maximum Gasteiger partial charge on any atom is 0.410 e. The molecule has 4 rings (SSSR count). The van der Waals surface area contributed by atoms with Gasteiger partial charge in [-0.1, -0.05) is 0 Å². The lowest BCUT2D eigenvalue weighted by molar-refractivity contribution is -0.126. The van der Waals surface area contributed by atoms with Gasteiger partial charge in [0.15, 0.2) is 0 Å². The minimum absolute atomic E-state index is 0.0350. The van der Waals surface area contributed by atoms with Crippen molar-refractivity contribution in [3.05, 3.63) is 35.8 Å². The van der Waals surface area contributed by atoms with Gasteiger partial charge in [-0.15, -0.1) is 0 Å². The fourth-order valence-corrected chi connectivity index (χ4v) is 4.13. The Morgan fingerprint density at radius 3 is 2.50 bits per heavy atom. The van der Waals surface area contributed by atoms with Crippen LogP contribution in [-0.4, -0.2) is 65.1 Å². The molecular formula is C22H23F2N5O5. The van der Waals surface area contributed by atoms with Gasteiger partial charge >= 0.3 is 6.09 Å². The molecule has 2 aromatic rings. The maximum absolute atomic E-state index is 13.4. The molecule has 34 heavy (non-hydrogen) atoms. The van der Waals surface area contributed by atoms with E-state index < -0.39 is 29.7 Å². The Morgan fingerprint density at radius 2 is 1.91 bits per heavy atom. The van der Waals surface area contributed by atoms with Crippen LogP contribution in [0.15, 0.2) is 24.5 Å². The number of anilines is 1. The second-order valence-corrected chi connectivity index (χ2v) is 7.90. The summed E-state index contributed by atoms with van der Waals surface area (Å²) in [6.45, 7) is 2.25. The Hall–Kier alpha value is -3.83. The van der Waals surface area contributed by atoms with Crippen molar-refractivity contribution in [2.75, 3.05) is 31.7 Å². The Kier molecular flexibility index (Phi) is 6.07. The summed E-state index contributed by atoms with van der Waals surface area (Å²) in [5, 5.41) is 0. The molecular weight excluding hydrogens is 452 g/mol. The van der Waals surface area contributed by atoms with Crippen molar-refractivity contribution in [3.8, 4) is 16.9 Å². The van der Waals surface area contributed by atoms with E-state index in [0.29, 0.717) is 12.8 Å². The normalized spacial score (nSPS) is 16.7. The molecule has 1 saturated heterocycles. The van der Waals surface area contributed by atoms with Crippen LogP contribution in [0.3, 0.4) is 0 Å². The van der Waals surface area contributed by atoms with Gasteiger partial charge in [-0.05, 0) is 31.9 Å². The van der Waals surface area contributed by atoms with Crippen molar-refractivity contribution in [1.29, 1.82) is 0 Å². The summed E-state index contributed by atoms with van der Waals surface area (Å²) in [4.78, 5) is 48.6. The first kappa shape index (κ1) is 23.3. The highest BCUT2D eigenvalue weighted by molar-refractivity contribution is 6.06. The van der Waals surface area contributed by atoms with Crippen molar-refractivity contribution in [1.82, 2.24) is 14.9 Å². The summed E-state index contributed by atoms with van der Waals surface area (Å²) >= 11 is 0. The number of hydrogen-bond donors (Lipinski definition) is 1. The standard InChI is InChI=1S/C22H23F2N5O5/c1-3-34-21(32)29-7-6-28(20(31)22(29)4-5-22)17-9-12(14(10-27-17)19(25)30)13-8-15(18(23)24)26-11-16(13)33-2/h8-11,18H,3-7H2,1-2H3,(H2,25,30). The first-order chi connectivity index (χ1) is 16.2. The minimum atomic E-state index is -2.85. The molecule has 0 unspecified atom stereocenters. The lowest BCUT2D eigenvalue weighted by Gasteiger charge is -2.40. The Balaban J connectivity index is 1.76. The zero-order valence-electron chi connectivity index (χ0n) is 18.6. The highest BCUT2D eigenvalue weighted by atomic mass is 19.3. The number of carbonyl (C=O) groups excluding carboxylic acids is 3. The molecule has 0 radical (unpaired) electrons. The van der Waals surface area contributed by atoms with Crippen LogP contribution in [0.4, 0.5) is 19.4 Å². The second kappa shape index (κ2) is 8.84. The van der Waals surface area contributed by atoms with E-state index >= 15 is 0 Å². The van der Waals surface area contributed by atoms with E-state index in [0.717, 1.165) is 12.3 Å². The van der Waals surface area contributed by atoms with Gasteiger partial charge in [0.1, 0.15) is 22.8 Å². The van der Waals surface area contributed by atoms with E-state index in [2.05, 4.69) is 9.97 Å². The molecule has 0 aromatic carbocycles. The number of methoxy groups -OCH3 is 1. The third kappa shape index (κ3) is 3.88. The molecule has 3 heterocycles. The first-order valence-corrected chi connectivity index (χ1v) is 10.6. The van der Waals surface area contributed by atoms with Crippen LogP contribution in [0, 0.1) is 0 Å². The van der Waals surface area contributed by atoms with E-state index in [-0.39, 0.29) is 53.9 Å². The Labute approximate surface area is 193 Å². The Morgan fingerprint density at radius 1 is 1.18 bits per heavy atom. The van der Waals surface area contributed by atoms with Crippen LogP contribution < -0.4 is 15.4 Å². The SMILES string of the molecule is CCOC(=O)N1CCN(c2cc(-c3cc(C(F)F)ncc3OC)c(C(N)=O)cn2)C(=O)C12CC2. The topological polar surface area (TPSA) is 128 Å². The van der Waals surface area contributed by atoms with Crippen LogP contribution in [-0.2, 0) is 9.53 Å². The van der Waals surface area contributed by atoms with Crippen molar-refractivity contribution in [3.63, 3.8) is 0 Å². The first-order valence-electron chi connectivity index (χ1n) is 10.6.